The lowest BCUT2D eigenvalue weighted by molar-refractivity contribution is -0.193. The Balaban J connectivity index is 0.000000521. The number of pyridine rings is 1. The van der Waals surface area contributed by atoms with Crippen molar-refractivity contribution in [3.8, 4) is 5.75 Å². The Kier molecular flexibility index (Phi) is 14.1. The van der Waals surface area contributed by atoms with Gasteiger partial charge in [0.2, 0.25) is 5.91 Å². The molecule has 1 fully saturated rings. The predicted molar refractivity (Wildman–Crippen MR) is 165 cm³/mol. The molecule has 1 amide bonds. The highest BCUT2D eigenvalue weighted by Gasteiger charge is 2.44. The first-order chi connectivity index (χ1) is 23.0. The van der Waals surface area contributed by atoms with E-state index in [0.29, 0.717) is 31.9 Å². The third-order valence-corrected chi connectivity index (χ3v) is 9.33. The number of hydrogen-bond acceptors (Lipinski definition) is 9. The van der Waals surface area contributed by atoms with Crippen molar-refractivity contribution >= 4 is 38.6 Å². The first kappa shape index (κ1) is 41.7. The number of rotatable bonds is 9. The molecule has 1 aliphatic rings. The number of nitrogens with one attached hydrogen (secondary N) is 1. The minimum atomic E-state index is -5.08. The van der Waals surface area contributed by atoms with Gasteiger partial charge in [-0.2, -0.15) is 26.3 Å². The van der Waals surface area contributed by atoms with E-state index < -0.39 is 45.5 Å². The van der Waals surface area contributed by atoms with E-state index >= 15 is 0 Å². The maximum absolute atomic E-state index is 13.4. The van der Waals surface area contributed by atoms with E-state index in [4.69, 9.17) is 29.7 Å². The lowest BCUT2D eigenvalue weighted by Crippen LogP contribution is -2.39. The molecule has 0 spiro atoms. The van der Waals surface area contributed by atoms with Crippen molar-refractivity contribution in [1.29, 1.82) is 0 Å². The first-order valence-electron chi connectivity index (χ1n) is 14.6. The van der Waals surface area contributed by atoms with Crippen LogP contribution in [0.5, 0.6) is 5.75 Å². The highest BCUT2D eigenvalue weighted by atomic mass is 32.2. The summed E-state index contributed by atoms with van der Waals surface area (Å²) in [6.07, 6.45) is -9.65. The summed E-state index contributed by atoms with van der Waals surface area (Å²) in [5.74, 6) is -5.69. The van der Waals surface area contributed by atoms with Gasteiger partial charge in [0.1, 0.15) is 12.4 Å². The SMILES string of the molecule is Cc1cc(COc2ccc(S(=O)(=O)CC3(CC(=O)NO)CCN(C(C)C)C3)cc2)c2ccccc2n1.O=C(O)C(F)(F)F.O=C(O)C(F)(F)F. The zero-order valence-electron chi connectivity index (χ0n) is 26.9. The van der Waals surface area contributed by atoms with Crippen LogP contribution in [0, 0.1) is 12.3 Å². The van der Waals surface area contributed by atoms with Crippen molar-refractivity contribution in [2.45, 2.75) is 63.5 Å². The van der Waals surface area contributed by atoms with Gasteiger partial charge in [-0.25, -0.2) is 23.5 Å². The lowest BCUT2D eigenvalue weighted by Gasteiger charge is -2.29. The number of para-hydroxylation sites is 1. The number of hydroxylamine groups is 1. The van der Waals surface area contributed by atoms with E-state index in [-0.39, 0.29) is 23.1 Å². The van der Waals surface area contributed by atoms with Gasteiger partial charge in [0.15, 0.2) is 9.84 Å². The minimum absolute atomic E-state index is 0.0492. The number of carbonyl (C=O) groups excluding carboxylic acids is 1. The number of fused-ring (bicyclic) bond motifs is 1. The number of nitrogens with zero attached hydrogens (tertiary/aromatic N) is 2. The molecule has 2 aromatic carbocycles. The molecule has 4 N–H and O–H groups in total. The number of halogens is 6. The van der Waals surface area contributed by atoms with Gasteiger partial charge in [-0.1, -0.05) is 18.2 Å². The molecule has 0 aliphatic carbocycles. The summed E-state index contributed by atoms with van der Waals surface area (Å²) in [6.45, 7) is 7.56. The number of likely N-dealkylation sites (tertiary alicyclic amines) is 1. The van der Waals surface area contributed by atoms with E-state index in [1.54, 1.807) is 29.7 Å². The molecule has 50 heavy (non-hydrogen) atoms. The molecule has 1 aromatic heterocycles. The normalized spacial score (nSPS) is 16.5. The molecule has 276 valence electrons. The van der Waals surface area contributed by atoms with E-state index in [0.717, 1.165) is 22.2 Å². The number of aliphatic carboxylic acids is 2. The van der Waals surface area contributed by atoms with Crippen LogP contribution in [-0.2, 0) is 30.8 Å². The molecule has 2 heterocycles. The minimum Gasteiger partial charge on any atom is -0.489 e. The van der Waals surface area contributed by atoms with Crippen molar-refractivity contribution in [3.05, 3.63) is 65.9 Å². The smallest absolute Gasteiger partial charge is 0.489 e. The van der Waals surface area contributed by atoms with Crippen LogP contribution in [0.3, 0.4) is 0 Å². The highest BCUT2D eigenvalue weighted by Crippen LogP contribution is 2.38. The van der Waals surface area contributed by atoms with Crippen molar-refractivity contribution in [2.24, 2.45) is 5.41 Å². The van der Waals surface area contributed by atoms with Gasteiger partial charge < -0.3 is 19.8 Å². The average Bonchev–Trinajstić information content (AvgIpc) is 3.42. The van der Waals surface area contributed by atoms with Crippen molar-refractivity contribution < 1.29 is 69.3 Å². The Bertz CT molecular complexity index is 1730. The summed E-state index contributed by atoms with van der Waals surface area (Å²) < 4.78 is 96.2. The van der Waals surface area contributed by atoms with Gasteiger partial charge >= 0.3 is 24.3 Å². The van der Waals surface area contributed by atoms with E-state index in [1.165, 1.54) is 0 Å². The summed E-state index contributed by atoms with van der Waals surface area (Å²) in [7, 11) is -3.68. The lowest BCUT2D eigenvalue weighted by atomic mass is 9.85. The number of aromatic nitrogens is 1. The fraction of sp³-hybridized carbons (Fsp3) is 0.419. The molecule has 0 bridgehead atoms. The zero-order valence-corrected chi connectivity index (χ0v) is 27.7. The third-order valence-electron chi connectivity index (χ3n) is 7.35. The van der Waals surface area contributed by atoms with Crippen molar-refractivity contribution in [3.63, 3.8) is 0 Å². The van der Waals surface area contributed by atoms with Crippen molar-refractivity contribution in [1.82, 2.24) is 15.4 Å². The van der Waals surface area contributed by atoms with Crippen LogP contribution in [-0.4, -0.2) is 88.8 Å². The Hall–Kier alpha value is -4.49. The van der Waals surface area contributed by atoms with Crippen LogP contribution in [0.2, 0.25) is 0 Å². The topological polar surface area (TPSA) is 183 Å². The quantitative estimate of drug-likeness (QED) is 0.129. The molecule has 4 rings (SSSR count). The predicted octanol–water partition coefficient (Wildman–Crippen LogP) is 5.16. The van der Waals surface area contributed by atoms with Gasteiger partial charge in [-0.15, -0.1) is 0 Å². The second-order valence-electron chi connectivity index (χ2n) is 11.6. The van der Waals surface area contributed by atoms with Crippen LogP contribution in [0.25, 0.3) is 10.9 Å². The number of amides is 1. The molecular weight excluding hydrogens is 704 g/mol. The number of ether oxygens (including phenoxy) is 1. The van der Waals surface area contributed by atoms with Gasteiger partial charge in [-0.3, -0.25) is 15.0 Å². The number of carbonyl (C=O) groups is 3. The molecule has 3 aromatic rings. The Morgan fingerprint density at radius 1 is 0.980 bits per heavy atom. The molecule has 1 saturated heterocycles. The van der Waals surface area contributed by atoms with Crippen LogP contribution in [0.15, 0.2) is 59.5 Å². The van der Waals surface area contributed by atoms with Crippen LogP contribution in [0.4, 0.5) is 26.3 Å². The molecular formula is C31H35F6N3O9S. The highest BCUT2D eigenvalue weighted by molar-refractivity contribution is 7.91. The summed E-state index contributed by atoms with van der Waals surface area (Å²) in [6, 6.07) is 16.5. The number of hydrogen-bond donors (Lipinski definition) is 4. The summed E-state index contributed by atoms with van der Waals surface area (Å²) in [5, 5.41) is 24.3. The standard InChI is InChI=1S/C27H33N3O5S.2C2HF3O2/c1-19(2)30-13-12-27(17-30,15-26(31)29-32)18-36(33,34)23-10-8-22(9-11-23)35-16-21-14-20(3)28-25-7-5-4-6-24(21)25;2*3-2(4,5)1(6)7/h4-11,14,19,32H,12-13,15-18H2,1-3H3,(H,29,31);2*(H,6,7). The Labute approximate surface area is 282 Å². The maximum atomic E-state index is 13.4. The number of alkyl halides is 6. The fourth-order valence-corrected chi connectivity index (χ4v) is 6.87. The largest absolute Gasteiger partial charge is 0.490 e. The third kappa shape index (κ3) is 12.4. The number of carboxylic acid groups (broad SMARTS) is 2. The second kappa shape index (κ2) is 16.9. The van der Waals surface area contributed by atoms with Gasteiger partial charge in [0.05, 0.1) is 16.2 Å². The van der Waals surface area contributed by atoms with Crippen molar-refractivity contribution in [2.75, 3.05) is 18.8 Å². The second-order valence-corrected chi connectivity index (χ2v) is 13.6. The summed E-state index contributed by atoms with van der Waals surface area (Å²) in [4.78, 5) is 36.7. The molecule has 19 heteroatoms. The summed E-state index contributed by atoms with van der Waals surface area (Å²) >= 11 is 0. The number of sulfone groups is 1. The van der Waals surface area contributed by atoms with E-state index in [1.807, 2.05) is 51.1 Å². The molecule has 1 aliphatic heterocycles. The van der Waals surface area contributed by atoms with Crippen LogP contribution >= 0.6 is 0 Å². The summed E-state index contributed by atoms with van der Waals surface area (Å²) in [5.41, 5.74) is 3.72. The van der Waals surface area contributed by atoms with E-state index in [9.17, 15) is 39.6 Å². The maximum Gasteiger partial charge on any atom is 0.490 e. The number of benzene rings is 2. The zero-order chi connectivity index (χ0) is 38.1. The van der Waals surface area contributed by atoms with E-state index in [2.05, 4.69) is 9.88 Å². The van der Waals surface area contributed by atoms with Crippen LogP contribution < -0.4 is 10.2 Å². The first-order valence-corrected chi connectivity index (χ1v) is 16.2. The average molecular weight is 740 g/mol. The van der Waals surface area contributed by atoms with Crippen LogP contribution in [0.1, 0.15) is 37.9 Å². The molecule has 0 saturated carbocycles. The number of aryl methyl sites for hydroxylation is 1. The molecule has 0 radical (unpaired) electrons. The Morgan fingerprint density at radius 2 is 1.52 bits per heavy atom. The number of carboxylic acids is 2. The monoisotopic (exact) mass is 739 g/mol. The van der Waals surface area contributed by atoms with Gasteiger partial charge in [0, 0.05) is 41.1 Å². The molecule has 1 atom stereocenters. The van der Waals surface area contributed by atoms with Gasteiger partial charge in [0.25, 0.3) is 0 Å². The molecule has 1 unspecified atom stereocenters. The molecule has 12 nitrogen and oxygen atoms in total. The Morgan fingerprint density at radius 3 is 2.00 bits per heavy atom. The van der Waals surface area contributed by atoms with Gasteiger partial charge in [-0.05, 0) is 70.1 Å². The fourth-order valence-electron chi connectivity index (χ4n) is 5.01.